The normalized spacial score (nSPS) is 12.0. The number of benzene rings is 2. The number of methoxy groups -OCH3 is 2. The minimum Gasteiger partial charge on any atom is -0.496 e. The van der Waals surface area contributed by atoms with Gasteiger partial charge in [-0.15, -0.1) is 0 Å². The maximum absolute atomic E-state index is 5.49. The fraction of sp³-hybridized carbons (Fsp3) is 0.250. The van der Waals surface area contributed by atoms with Crippen LogP contribution in [0.1, 0.15) is 17.2 Å². The SMILES string of the molecule is CNC(c1ccccc1OC)c1ccc(Br)cc1OC. The van der Waals surface area contributed by atoms with Crippen molar-refractivity contribution >= 4 is 15.9 Å². The van der Waals surface area contributed by atoms with Crippen LogP contribution in [-0.4, -0.2) is 21.3 Å². The fourth-order valence-electron chi connectivity index (χ4n) is 2.31. The number of rotatable bonds is 5. The molecule has 0 fully saturated rings. The Kier molecular flexibility index (Phi) is 5.04. The molecule has 1 atom stereocenters. The first-order valence-corrected chi connectivity index (χ1v) is 7.14. The lowest BCUT2D eigenvalue weighted by atomic mass is 9.97. The van der Waals surface area contributed by atoms with Crippen molar-refractivity contribution in [2.75, 3.05) is 21.3 Å². The molecule has 4 heteroatoms. The molecule has 106 valence electrons. The van der Waals surface area contributed by atoms with E-state index in [0.29, 0.717) is 0 Å². The van der Waals surface area contributed by atoms with Gasteiger partial charge in [0, 0.05) is 15.6 Å². The molecule has 1 N–H and O–H groups in total. The van der Waals surface area contributed by atoms with Gasteiger partial charge in [0.15, 0.2) is 0 Å². The van der Waals surface area contributed by atoms with Crippen LogP contribution in [-0.2, 0) is 0 Å². The fourth-order valence-corrected chi connectivity index (χ4v) is 2.65. The van der Waals surface area contributed by atoms with Crippen LogP contribution in [0.25, 0.3) is 0 Å². The molecular weight excluding hydrogens is 318 g/mol. The molecule has 0 aliphatic carbocycles. The molecule has 20 heavy (non-hydrogen) atoms. The van der Waals surface area contributed by atoms with E-state index in [1.54, 1.807) is 14.2 Å². The molecule has 0 bridgehead atoms. The highest BCUT2D eigenvalue weighted by atomic mass is 79.9. The van der Waals surface area contributed by atoms with Crippen LogP contribution < -0.4 is 14.8 Å². The highest BCUT2D eigenvalue weighted by molar-refractivity contribution is 9.10. The highest BCUT2D eigenvalue weighted by Gasteiger charge is 2.19. The quantitative estimate of drug-likeness (QED) is 0.902. The van der Waals surface area contributed by atoms with Gasteiger partial charge in [0.05, 0.1) is 20.3 Å². The van der Waals surface area contributed by atoms with Crippen molar-refractivity contribution in [1.82, 2.24) is 5.32 Å². The van der Waals surface area contributed by atoms with E-state index in [1.165, 1.54) is 0 Å². The number of para-hydroxylation sites is 1. The molecule has 2 aromatic carbocycles. The standard InChI is InChI=1S/C16H18BrNO2/c1-18-16(12-6-4-5-7-14(12)19-2)13-9-8-11(17)10-15(13)20-3/h4-10,16,18H,1-3H3. The third-order valence-electron chi connectivity index (χ3n) is 3.25. The lowest BCUT2D eigenvalue weighted by Gasteiger charge is -2.22. The van der Waals surface area contributed by atoms with Crippen LogP contribution in [0.3, 0.4) is 0 Å². The molecule has 0 saturated heterocycles. The zero-order valence-electron chi connectivity index (χ0n) is 11.8. The van der Waals surface area contributed by atoms with E-state index in [2.05, 4.69) is 33.4 Å². The molecule has 2 rings (SSSR count). The van der Waals surface area contributed by atoms with E-state index >= 15 is 0 Å². The van der Waals surface area contributed by atoms with Gasteiger partial charge in [0.1, 0.15) is 11.5 Å². The molecular formula is C16H18BrNO2. The third kappa shape index (κ3) is 2.97. The smallest absolute Gasteiger partial charge is 0.125 e. The molecule has 0 aliphatic rings. The summed E-state index contributed by atoms with van der Waals surface area (Å²) in [7, 11) is 5.29. The van der Waals surface area contributed by atoms with E-state index in [1.807, 2.05) is 37.4 Å². The van der Waals surface area contributed by atoms with Crippen LogP contribution in [0.2, 0.25) is 0 Å². The summed E-state index contributed by atoms with van der Waals surface area (Å²) in [5, 5.41) is 3.33. The van der Waals surface area contributed by atoms with Crippen molar-refractivity contribution in [2.24, 2.45) is 0 Å². The van der Waals surface area contributed by atoms with Crippen molar-refractivity contribution in [2.45, 2.75) is 6.04 Å². The maximum atomic E-state index is 5.49. The minimum atomic E-state index is 0.00852. The van der Waals surface area contributed by atoms with Gasteiger partial charge in [-0.05, 0) is 25.2 Å². The van der Waals surface area contributed by atoms with Crippen molar-refractivity contribution < 1.29 is 9.47 Å². The Hall–Kier alpha value is -1.52. The number of ether oxygens (including phenoxy) is 2. The highest BCUT2D eigenvalue weighted by Crippen LogP contribution is 2.35. The summed E-state index contributed by atoms with van der Waals surface area (Å²) in [4.78, 5) is 0. The monoisotopic (exact) mass is 335 g/mol. The molecule has 0 saturated carbocycles. The molecule has 0 aromatic heterocycles. The van der Waals surface area contributed by atoms with Gasteiger partial charge in [0.25, 0.3) is 0 Å². The van der Waals surface area contributed by atoms with Crippen LogP contribution in [0, 0.1) is 0 Å². The Morgan fingerprint density at radius 1 is 0.950 bits per heavy atom. The number of nitrogens with one attached hydrogen (secondary N) is 1. The molecule has 2 aromatic rings. The van der Waals surface area contributed by atoms with Crippen molar-refractivity contribution in [3.63, 3.8) is 0 Å². The molecule has 3 nitrogen and oxygen atoms in total. The second kappa shape index (κ2) is 6.77. The minimum absolute atomic E-state index is 0.00852. The first-order valence-electron chi connectivity index (χ1n) is 6.35. The summed E-state index contributed by atoms with van der Waals surface area (Å²) in [5.41, 5.74) is 2.15. The second-order valence-electron chi connectivity index (χ2n) is 4.35. The zero-order valence-corrected chi connectivity index (χ0v) is 13.4. The summed E-state index contributed by atoms with van der Waals surface area (Å²) < 4.78 is 11.9. The van der Waals surface area contributed by atoms with Crippen molar-refractivity contribution in [1.29, 1.82) is 0 Å². The molecule has 0 amide bonds. The maximum Gasteiger partial charge on any atom is 0.125 e. The van der Waals surface area contributed by atoms with Gasteiger partial charge in [0.2, 0.25) is 0 Å². The number of halogens is 1. The predicted octanol–water partition coefficient (Wildman–Crippen LogP) is 3.78. The van der Waals surface area contributed by atoms with Gasteiger partial charge in [-0.3, -0.25) is 0 Å². The summed E-state index contributed by atoms with van der Waals surface area (Å²) in [6, 6.07) is 14.0. The molecule has 0 heterocycles. The summed E-state index contributed by atoms with van der Waals surface area (Å²) in [6.07, 6.45) is 0. The summed E-state index contributed by atoms with van der Waals surface area (Å²) >= 11 is 3.47. The first kappa shape index (κ1) is 14.9. The second-order valence-corrected chi connectivity index (χ2v) is 5.27. The average Bonchev–Trinajstić information content (AvgIpc) is 2.49. The molecule has 0 aliphatic heterocycles. The Balaban J connectivity index is 2.52. The van der Waals surface area contributed by atoms with E-state index in [9.17, 15) is 0 Å². The molecule has 0 spiro atoms. The third-order valence-corrected chi connectivity index (χ3v) is 3.74. The van der Waals surface area contributed by atoms with Crippen LogP contribution >= 0.6 is 15.9 Å². The van der Waals surface area contributed by atoms with E-state index < -0.39 is 0 Å². The summed E-state index contributed by atoms with van der Waals surface area (Å²) in [6.45, 7) is 0. The van der Waals surface area contributed by atoms with Gasteiger partial charge >= 0.3 is 0 Å². The van der Waals surface area contributed by atoms with E-state index in [0.717, 1.165) is 27.1 Å². The number of hydrogen-bond donors (Lipinski definition) is 1. The van der Waals surface area contributed by atoms with Crippen LogP contribution in [0.5, 0.6) is 11.5 Å². The summed E-state index contributed by atoms with van der Waals surface area (Å²) in [5.74, 6) is 1.70. The van der Waals surface area contributed by atoms with E-state index in [4.69, 9.17) is 9.47 Å². The van der Waals surface area contributed by atoms with Gasteiger partial charge in [-0.25, -0.2) is 0 Å². The van der Waals surface area contributed by atoms with Crippen LogP contribution in [0.4, 0.5) is 0 Å². The predicted molar refractivity (Wildman–Crippen MR) is 84.6 cm³/mol. The topological polar surface area (TPSA) is 30.5 Å². The largest absolute Gasteiger partial charge is 0.496 e. The van der Waals surface area contributed by atoms with Crippen LogP contribution in [0.15, 0.2) is 46.9 Å². The average molecular weight is 336 g/mol. The Bertz CT molecular complexity index is 586. The molecule has 0 radical (unpaired) electrons. The van der Waals surface area contributed by atoms with Crippen molar-refractivity contribution in [3.8, 4) is 11.5 Å². The lowest BCUT2D eigenvalue weighted by Crippen LogP contribution is -2.19. The van der Waals surface area contributed by atoms with Gasteiger partial charge in [-0.2, -0.15) is 0 Å². The van der Waals surface area contributed by atoms with E-state index in [-0.39, 0.29) is 6.04 Å². The Morgan fingerprint density at radius 3 is 2.25 bits per heavy atom. The zero-order chi connectivity index (χ0) is 14.5. The number of hydrogen-bond acceptors (Lipinski definition) is 3. The van der Waals surface area contributed by atoms with Crippen molar-refractivity contribution in [3.05, 3.63) is 58.1 Å². The van der Waals surface area contributed by atoms with Gasteiger partial charge in [-0.1, -0.05) is 40.2 Å². The lowest BCUT2D eigenvalue weighted by molar-refractivity contribution is 0.396. The Morgan fingerprint density at radius 2 is 1.60 bits per heavy atom. The first-order chi connectivity index (χ1) is 9.71. The Labute approximate surface area is 128 Å². The molecule has 1 unspecified atom stereocenters. The van der Waals surface area contributed by atoms with Gasteiger partial charge < -0.3 is 14.8 Å².